The Morgan fingerprint density at radius 2 is 1.78 bits per heavy atom. The van der Waals surface area contributed by atoms with E-state index in [2.05, 4.69) is 22.8 Å². The van der Waals surface area contributed by atoms with Crippen LogP contribution in [0.5, 0.6) is 0 Å². The van der Waals surface area contributed by atoms with Gasteiger partial charge in [0.25, 0.3) is 0 Å². The van der Waals surface area contributed by atoms with Gasteiger partial charge in [-0.3, -0.25) is 4.90 Å². The molecular formula is C15H27N3. The quantitative estimate of drug-likeness (QED) is 0.767. The number of nitriles is 1. The molecule has 2 fully saturated rings. The molecule has 1 atom stereocenters. The Labute approximate surface area is 112 Å². The Morgan fingerprint density at radius 3 is 2.33 bits per heavy atom. The van der Waals surface area contributed by atoms with E-state index in [1.54, 1.807) is 0 Å². The maximum absolute atomic E-state index is 9.10. The van der Waals surface area contributed by atoms with Crippen LogP contribution in [0.1, 0.15) is 45.4 Å². The number of hydrogen-bond acceptors (Lipinski definition) is 3. The van der Waals surface area contributed by atoms with Gasteiger partial charge in [0.1, 0.15) is 0 Å². The van der Waals surface area contributed by atoms with Gasteiger partial charge in [0.2, 0.25) is 0 Å². The van der Waals surface area contributed by atoms with E-state index in [1.807, 2.05) is 0 Å². The van der Waals surface area contributed by atoms with Crippen molar-refractivity contribution in [2.75, 3.05) is 32.7 Å². The Kier molecular flexibility index (Phi) is 5.46. The third-order valence-electron chi connectivity index (χ3n) is 4.62. The van der Waals surface area contributed by atoms with E-state index >= 15 is 0 Å². The molecule has 0 N–H and O–H groups in total. The first-order chi connectivity index (χ1) is 8.83. The van der Waals surface area contributed by atoms with Gasteiger partial charge < -0.3 is 4.90 Å². The molecule has 0 amide bonds. The van der Waals surface area contributed by atoms with Crippen molar-refractivity contribution in [3.63, 3.8) is 0 Å². The third-order valence-corrected chi connectivity index (χ3v) is 4.62. The Morgan fingerprint density at radius 1 is 1.11 bits per heavy atom. The first kappa shape index (κ1) is 13.8. The number of hydrogen-bond donors (Lipinski definition) is 0. The standard InChI is InChI=1S/C15H27N3/c1-2-15(12-16)18-10-8-17(9-11-18)13-14-6-4-3-5-7-14/h14-15H,2-11,13H2,1H3. The lowest BCUT2D eigenvalue weighted by Gasteiger charge is -2.38. The number of nitrogens with zero attached hydrogens (tertiary/aromatic N) is 3. The summed E-state index contributed by atoms with van der Waals surface area (Å²) in [7, 11) is 0. The van der Waals surface area contributed by atoms with E-state index in [0.29, 0.717) is 0 Å². The summed E-state index contributed by atoms with van der Waals surface area (Å²) in [6.07, 6.45) is 8.17. The van der Waals surface area contributed by atoms with E-state index in [0.717, 1.165) is 38.5 Å². The summed E-state index contributed by atoms with van der Waals surface area (Å²) in [5.74, 6) is 0.947. The van der Waals surface area contributed by atoms with Gasteiger partial charge in [0, 0.05) is 32.7 Å². The van der Waals surface area contributed by atoms with Gasteiger partial charge in [0.15, 0.2) is 0 Å². The summed E-state index contributed by atoms with van der Waals surface area (Å²) >= 11 is 0. The molecule has 0 aromatic heterocycles. The molecule has 0 spiro atoms. The number of piperazine rings is 1. The fourth-order valence-electron chi connectivity index (χ4n) is 3.42. The highest BCUT2D eigenvalue weighted by Crippen LogP contribution is 2.24. The van der Waals surface area contributed by atoms with Crippen molar-refractivity contribution < 1.29 is 0 Å². The molecule has 0 aromatic rings. The second-order valence-corrected chi connectivity index (χ2v) is 5.89. The highest BCUT2D eigenvalue weighted by atomic mass is 15.3. The molecule has 18 heavy (non-hydrogen) atoms. The highest BCUT2D eigenvalue weighted by Gasteiger charge is 2.24. The van der Waals surface area contributed by atoms with Crippen LogP contribution in [0.3, 0.4) is 0 Å². The summed E-state index contributed by atoms with van der Waals surface area (Å²) in [5, 5.41) is 9.10. The molecule has 102 valence electrons. The lowest BCUT2D eigenvalue weighted by atomic mass is 9.89. The van der Waals surface area contributed by atoms with Crippen molar-refractivity contribution in [3.05, 3.63) is 0 Å². The normalized spacial score (nSPS) is 25.8. The molecule has 2 aliphatic rings. The Hall–Kier alpha value is -0.590. The Balaban J connectivity index is 1.71. The zero-order valence-electron chi connectivity index (χ0n) is 11.8. The van der Waals surface area contributed by atoms with Gasteiger partial charge in [-0.25, -0.2) is 0 Å². The maximum Gasteiger partial charge on any atom is 0.0976 e. The van der Waals surface area contributed by atoms with Crippen LogP contribution >= 0.6 is 0 Å². The molecule has 0 aromatic carbocycles. The summed E-state index contributed by atoms with van der Waals surface area (Å²) in [6.45, 7) is 7.90. The SMILES string of the molecule is CCC(C#N)N1CCN(CC2CCCCC2)CC1. The molecule has 1 saturated heterocycles. The van der Waals surface area contributed by atoms with E-state index in [1.165, 1.54) is 38.6 Å². The van der Waals surface area contributed by atoms with Gasteiger partial charge in [0.05, 0.1) is 12.1 Å². The molecule has 2 rings (SSSR count). The summed E-state index contributed by atoms with van der Waals surface area (Å²) in [5.41, 5.74) is 0. The molecule has 1 saturated carbocycles. The van der Waals surface area contributed by atoms with Crippen LogP contribution in [-0.2, 0) is 0 Å². The summed E-state index contributed by atoms with van der Waals surface area (Å²) in [4.78, 5) is 4.98. The van der Waals surface area contributed by atoms with Crippen molar-refractivity contribution in [1.82, 2.24) is 9.80 Å². The highest BCUT2D eigenvalue weighted by molar-refractivity contribution is 4.92. The van der Waals surface area contributed by atoms with Crippen LogP contribution in [0.25, 0.3) is 0 Å². The molecule has 0 radical (unpaired) electrons. The minimum absolute atomic E-state index is 0.141. The number of rotatable bonds is 4. The monoisotopic (exact) mass is 249 g/mol. The van der Waals surface area contributed by atoms with Crippen LogP contribution < -0.4 is 0 Å². The largest absolute Gasteiger partial charge is 0.301 e. The molecule has 1 heterocycles. The van der Waals surface area contributed by atoms with E-state index in [-0.39, 0.29) is 6.04 Å². The van der Waals surface area contributed by atoms with Crippen LogP contribution in [0.2, 0.25) is 0 Å². The zero-order chi connectivity index (χ0) is 12.8. The molecule has 3 heteroatoms. The topological polar surface area (TPSA) is 30.3 Å². The fourth-order valence-corrected chi connectivity index (χ4v) is 3.42. The van der Waals surface area contributed by atoms with E-state index < -0.39 is 0 Å². The van der Waals surface area contributed by atoms with E-state index in [9.17, 15) is 0 Å². The predicted molar refractivity (Wildman–Crippen MR) is 74.3 cm³/mol. The third kappa shape index (κ3) is 3.70. The van der Waals surface area contributed by atoms with Gasteiger partial charge in [-0.2, -0.15) is 5.26 Å². The first-order valence-corrected chi connectivity index (χ1v) is 7.69. The van der Waals surface area contributed by atoms with Crippen molar-refractivity contribution in [1.29, 1.82) is 5.26 Å². The average molecular weight is 249 g/mol. The van der Waals surface area contributed by atoms with Crippen molar-refractivity contribution in [3.8, 4) is 6.07 Å². The van der Waals surface area contributed by atoms with Crippen LogP contribution in [0.4, 0.5) is 0 Å². The zero-order valence-corrected chi connectivity index (χ0v) is 11.8. The van der Waals surface area contributed by atoms with Crippen LogP contribution in [0.15, 0.2) is 0 Å². The molecule has 0 bridgehead atoms. The lowest BCUT2D eigenvalue weighted by Crippen LogP contribution is -2.50. The smallest absolute Gasteiger partial charge is 0.0976 e. The van der Waals surface area contributed by atoms with Gasteiger partial charge in [-0.05, 0) is 25.2 Å². The van der Waals surface area contributed by atoms with Crippen molar-refractivity contribution in [2.24, 2.45) is 5.92 Å². The van der Waals surface area contributed by atoms with Gasteiger partial charge in [-0.15, -0.1) is 0 Å². The van der Waals surface area contributed by atoms with E-state index in [4.69, 9.17) is 5.26 Å². The second-order valence-electron chi connectivity index (χ2n) is 5.89. The van der Waals surface area contributed by atoms with Crippen LogP contribution in [-0.4, -0.2) is 48.6 Å². The minimum Gasteiger partial charge on any atom is -0.301 e. The van der Waals surface area contributed by atoms with Gasteiger partial charge in [-0.1, -0.05) is 26.2 Å². The molecule has 3 nitrogen and oxygen atoms in total. The van der Waals surface area contributed by atoms with Crippen molar-refractivity contribution in [2.45, 2.75) is 51.5 Å². The Bertz CT molecular complexity index is 270. The predicted octanol–water partition coefficient (Wildman–Crippen LogP) is 2.49. The first-order valence-electron chi connectivity index (χ1n) is 7.69. The summed E-state index contributed by atoms with van der Waals surface area (Å²) < 4.78 is 0. The second kappa shape index (κ2) is 7.11. The molecule has 1 aliphatic heterocycles. The molecular weight excluding hydrogens is 222 g/mol. The average Bonchev–Trinajstić information content (AvgIpc) is 2.43. The van der Waals surface area contributed by atoms with Crippen molar-refractivity contribution >= 4 is 0 Å². The molecule has 1 aliphatic carbocycles. The maximum atomic E-state index is 9.10. The lowest BCUT2D eigenvalue weighted by molar-refractivity contribution is 0.0942. The fraction of sp³-hybridized carbons (Fsp3) is 0.933. The van der Waals surface area contributed by atoms with Gasteiger partial charge >= 0.3 is 0 Å². The van der Waals surface area contributed by atoms with Crippen LogP contribution in [0, 0.1) is 17.2 Å². The summed E-state index contributed by atoms with van der Waals surface area (Å²) in [6, 6.07) is 2.57. The minimum atomic E-state index is 0.141. The molecule has 1 unspecified atom stereocenters.